The van der Waals surface area contributed by atoms with Gasteiger partial charge in [-0.25, -0.2) is 9.59 Å². The van der Waals surface area contributed by atoms with Crippen LogP contribution in [0.1, 0.15) is 32.4 Å². The van der Waals surface area contributed by atoms with E-state index in [0.717, 1.165) is 0 Å². The van der Waals surface area contributed by atoms with E-state index in [2.05, 4.69) is 11.9 Å². The summed E-state index contributed by atoms with van der Waals surface area (Å²) >= 11 is 0. The molecule has 5 heteroatoms. The molecule has 114 valence electrons. The van der Waals surface area contributed by atoms with Gasteiger partial charge in [-0.05, 0) is 26.3 Å². The van der Waals surface area contributed by atoms with E-state index in [1.54, 1.807) is 45.0 Å². The Bertz CT molecular complexity index is 491. The summed E-state index contributed by atoms with van der Waals surface area (Å²) < 4.78 is 10.2. The number of benzene rings is 1. The van der Waals surface area contributed by atoms with Crippen molar-refractivity contribution >= 4 is 12.1 Å². The Kier molecular flexibility index (Phi) is 5.96. The van der Waals surface area contributed by atoms with Crippen molar-refractivity contribution in [3.8, 4) is 0 Å². The van der Waals surface area contributed by atoms with Crippen molar-refractivity contribution in [2.75, 3.05) is 6.61 Å². The summed E-state index contributed by atoms with van der Waals surface area (Å²) in [6.45, 7) is 8.83. The van der Waals surface area contributed by atoms with Crippen molar-refractivity contribution < 1.29 is 19.1 Å². The molecule has 1 aromatic rings. The topological polar surface area (TPSA) is 64.6 Å². The molecule has 0 unspecified atom stereocenters. The number of amides is 1. The number of carbonyl (C=O) groups is 2. The zero-order valence-corrected chi connectivity index (χ0v) is 12.6. The minimum atomic E-state index is -0.914. The fraction of sp³-hybridized carbons (Fsp3) is 0.375. The fourth-order valence-electron chi connectivity index (χ4n) is 1.58. The van der Waals surface area contributed by atoms with Crippen LogP contribution in [0, 0.1) is 0 Å². The average Bonchev–Trinajstić information content (AvgIpc) is 2.41. The van der Waals surface area contributed by atoms with Crippen LogP contribution in [0.5, 0.6) is 0 Å². The summed E-state index contributed by atoms with van der Waals surface area (Å²) in [6.07, 6.45) is 0.750. The summed E-state index contributed by atoms with van der Waals surface area (Å²) in [5.74, 6) is -0.538. The number of nitrogens with one attached hydrogen (secondary N) is 1. The van der Waals surface area contributed by atoms with E-state index < -0.39 is 23.7 Å². The maximum atomic E-state index is 12.3. The number of alkyl carbamates (subject to hydrolysis) is 1. The molecule has 1 atom stereocenters. The summed E-state index contributed by atoms with van der Waals surface area (Å²) in [4.78, 5) is 23.9. The Morgan fingerprint density at radius 1 is 1.29 bits per heavy atom. The molecule has 5 nitrogen and oxygen atoms in total. The zero-order chi connectivity index (χ0) is 15.9. The van der Waals surface area contributed by atoms with Gasteiger partial charge < -0.3 is 14.8 Å². The molecule has 0 aromatic heterocycles. The molecule has 0 aliphatic carbocycles. The third kappa shape index (κ3) is 6.12. The smallest absolute Gasteiger partial charge is 0.408 e. The predicted molar refractivity (Wildman–Crippen MR) is 79.7 cm³/mol. The molecule has 1 N–H and O–H groups in total. The van der Waals surface area contributed by atoms with Gasteiger partial charge in [0.15, 0.2) is 6.04 Å². The van der Waals surface area contributed by atoms with Crippen LogP contribution in [0.2, 0.25) is 0 Å². The van der Waals surface area contributed by atoms with Crippen LogP contribution >= 0.6 is 0 Å². The molecular weight excluding hydrogens is 270 g/mol. The molecule has 0 saturated heterocycles. The molecule has 0 saturated carbocycles. The van der Waals surface area contributed by atoms with E-state index in [4.69, 9.17) is 9.47 Å². The van der Waals surface area contributed by atoms with Crippen molar-refractivity contribution in [2.45, 2.75) is 32.4 Å². The van der Waals surface area contributed by atoms with Gasteiger partial charge in [-0.3, -0.25) is 0 Å². The molecule has 21 heavy (non-hydrogen) atoms. The van der Waals surface area contributed by atoms with Gasteiger partial charge in [0.05, 0.1) is 0 Å². The van der Waals surface area contributed by atoms with E-state index >= 15 is 0 Å². The van der Waals surface area contributed by atoms with Crippen LogP contribution < -0.4 is 5.32 Å². The highest BCUT2D eigenvalue weighted by molar-refractivity contribution is 5.83. The van der Waals surface area contributed by atoms with Crippen molar-refractivity contribution in [1.29, 1.82) is 0 Å². The monoisotopic (exact) mass is 291 g/mol. The van der Waals surface area contributed by atoms with Gasteiger partial charge in [0, 0.05) is 0 Å². The van der Waals surface area contributed by atoms with E-state index in [-0.39, 0.29) is 6.61 Å². The second-order valence-corrected chi connectivity index (χ2v) is 5.41. The molecule has 1 aromatic carbocycles. The van der Waals surface area contributed by atoms with Gasteiger partial charge >= 0.3 is 12.1 Å². The van der Waals surface area contributed by atoms with E-state index in [0.29, 0.717) is 5.56 Å². The number of hydrogen-bond acceptors (Lipinski definition) is 4. The van der Waals surface area contributed by atoms with Gasteiger partial charge in [0.2, 0.25) is 0 Å². The molecule has 0 aliphatic rings. The van der Waals surface area contributed by atoms with Crippen LogP contribution in [0.3, 0.4) is 0 Å². The first-order valence-electron chi connectivity index (χ1n) is 6.65. The fourth-order valence-corrected chi connectivity index (χ4v) is 1.58. The Balaban J connectivity index is 2.87. The van der Waals surface area contributed by atoms with Crippen LogP contribution in [-0.2, 0) is 14.3 Å². The third-order valence-electron chi connectivity index (χ3n) is 2.37. The van der Waals surface area contributed by atoms with Crippen LogP contribution in [0.15, 0.2) is 43.0 Å². The summed E-state index contributed by atoms with van der Waals surface area (Å²) in [7, 11) is 0. The standard InChI is InChI=1S/C16H21NO4/c1-5-11-20-15(19)17-13(12-9-7-6-8-10-12)14(18)21-16(2,3)4/h5-10,13H,1,11H2,2-4H3,(H,17,19)/t13-/m0/s1. The molecule has 0 fully saturated rings. The van der Waals surface area contributed by atoms with E-state index in [1.165, 1.54) is 6.08 Å². The number of ether oxygens (including phenoxy) is 2. The SMILES string of the molecule is C=CCOC(=O)N[C@H](C(=O)OC(C)(C)C)c1ccccc1. The van der Waals surface area contributed by atoms with Gasteiger partial charge in [0.1, 0.15) is 12.2 Å². The van der Waals surface area contributed by atoms with Crippen molar-refractivity contribution in [3.05, 3.63) is 48.6 Å². The normalized spacial score (nSPS) is 12.1. The molecule has 0 bridgehead atoms. The lowest BCUT2D eigenvalue weighted by Crippen LogP contribution is -2.38. The predicted octanol–water partition coefficient (Wildman–Crippen LogP) is 2.98. The Labute approximate surface area is 124 Å². The van der Waals surface area contributed by atoms with E-state index in [9.17, 15) is 9.59 Å². The maximum Gasteiger partial charge on any atom is 0.408 e. The molecule has 0 aliphatic heterocycles. The second kappa shape index (κ2) is 7.47. The number of carbonyl (C=O) groups excluding carboxylic acids is 2. The number of rotatable bonds is 5. The largest absolute Gasteiger partial charge is 0.458 e. The highest BCUT2D eigenvalue weighted by atomic mass is 16.6. The Morgan fingerprint density at radius 3 is 2.43 bits per heavy atom. The first-order chi connectivity index (χ1) is 9.83. The first kappa shape index (κ1) is 16.8. The van der Waals surface area contributed by atoms with Gasteiger partial charge in [-0.2, -0.15) is 0 Å². The van der Waals surface area contributed by atoms with Crippen molar-refractivity contribution in [2.24, 2.45) is 0 Å². The molecule has 1 rings (SSSR count). The summed E-state index contributed by atoms with van der Waals surface area (Å²) in [5.41, 5.74) is -0.0149. The van der Waals surface area contributed by atoms with Gasteiger partial charge in [-0.1, -0.05) is 43.0 Å². The van der Waals surface area contributed by atoms with Crippen LogP contribution in [0.25, 0.3) is 0 Å². The lowest BCUT2D eigenvalue weighted by atomic mass is 10.1. The maximum absolute atomic E-state index is 12.3. The van der Waals surface area contributed by atoms with Gasteiger partial charge in [-0.15, -0.1) is 0 Å². The summed E-state index contributed by atoms with van der Waals surface area (Å²) in [6, 6.07) is 7.95. The third-order valence-corrected chi connectivity index (χ3v) is 2.37. The van der Waals surface area contributed by atoms with E-state index in [1.807, 2.05) is 6.07 Å². The molecule has 1 amide bonds. The van der Waals surface area contributed by atoms with Gasteiger partial charge in [0.25, 0.3) is 0 Å². The number of hydrogen-bond donors (Lipinski definition) is 1. The molecule has 0 radical (unpaired) electrons. The van der Waals surface area contributed by atoms with Crippen LogP contribution in [0.4, 0.5) is 4.79 Å². The lowest BCUT2D eigenvalue weighted by molar-refractivity contribution is -0.157. The van der Waals surface area contributed by atoms with Crippen molar-refractivity contribution in [1.82, 2.24) is 5.32 Å². The molecule has 0 spiro atoms. The summed E-state index contributed by atoms with van der Waals surface area (Å²) in [5, 5.41) is 2.51. The zero-order valence-electron chi connectivity index (χ0n) is 12.6. The molecule has 0 heterocycles. The van der Waals surface area contributed by atoms with Crippen LogP contribution in [-0.4, -0.2) is 24.3 Å². The first-order valence-corrected chi connectivity index (χ1v) is 6.65. The highest BCUT2D eigenvalue weighted by Gasteiger charge is 2.28. The minimum absolute atomic E-state index is 0.0711. The lowest BCUT2D eigenvalue weighted by Gasteiger charge is -2.24. The Morgan fingerprint density at radius 2 is 1.90 bits per heavy atom. The Hall–Kier alpha value is -2.30. The second-order valence-electron chi connectivity index (χ2n) is 5.41. The minimum Gasteiger partial charge on any atom is -0.458 e. The average molecular weight is 291 g/mol. The van der Waals surface area contributed by atoms with Crippen molar-refractivity contribution in [3.63, 3.8) is 0 Å². The highest BCUT2D eigenvalue weighted by Crippen LogP contribution is 2.18. The number of esters is 1. The quantitative estimate of drug-likeness (QED) is 0.669. The molecular formula is C16H21NO4.